The minimum absolute atomic E-state index is 0.00130. The molecule has 0 atom stereocenters. The average Bonchev–Trinajstić information content (AvgIpc) is 2.80. The molecule has 1 heterocycles. The zero-order chi connectivity index (χ0) is 26.7. The lowest BCUT2D eigenvalue weighted by Gasteiger charge is -2.30. The number of methoxy groups -OCH3 is 2. The van der Waals surface area contributed by atoms with Gasteiger partial charge >= 0.3 is 5.92 Å². The SMILES string of the molecule is COCCOc1cc2c(CCCc3cc(N)cc(C(F)(F)C(C)(C)O)c3F)nc(C)nc2cc1OC. The highest BCUT2D eigenvalue weighted by atomic mass is 19.3. The van der Waals surface area contributed by atoms with Crippen LogP contribution in [0, 0.1) is 12.7 Å². The van der Waals surface area contributed by atoms with Gasteiger partial charge in [-0.15, -0.1) is 0 Å². The minimum Gasteiger partial charge on any atom is -0.493 e. The number of nitrogen functional groups attached to an aromatic ring is 1. The Morgan fingerprint density at radius 1 is 1.00 bits per heavy atom. The van der Waals surface area contributed by atoms with Crippen molar-refractivity contribution in [3.63, 3.8) is 0 Å². The van der Waals surface area contributed by atoms with E-state index in [1.54, 1.807) is 26.2 Å². The zero-order valence-corrected chi connectivity index (χ0v) is 21.1. The molecule has 0 aliphatic carbocycles. The molecule has 0 amide bonds. The summed E-state index contributed by atoms with van der Waals surface area (Å²) in [6.45, 7) is 4.35. The highest BCUT2D eigenvalue weighted by molar-refractivity contribution is 5.84. The van der Waals surface area contributed by atoms with Gasteiger partial charge in [0.25, 0.3) is 0 Å². The standard InChI is InChI=1S/C26H32F3N3O4/c1-15-31-20(18-13-23(36-10-9-34-4)22(35-5)14-21(18)32-15)8-6-7-16-11-17(30)12-19(24(16)27)26(28,29)25(2,3)33/h11-14,33H,6-10,30H2,1-5H3. The van der Waals surface area contributed by atoms with Crippen LogP contribution < -0.4 is 15.2 Å². The van der Waals surface area contributed by atoms with Crippen LogP contribution in [0.15, 0.2) is 24.3 Å². The lowest BCUT2D eigenvalue weighted by atomic mass is 9.90. The number of alkyl halides is 2. The largest absolute Gasteiger partial charge is 0.493 e. The summed E-state index contributed by atoms with van der Waals surface area (Å²) in [4.78, 5) is 9.03. The summed E-state index contributed by atoms with van der Waals surface area (Å²) in [7, 11) is 3.11. The second kappa shape index (κ2) is 10.9. The number of ether oxygens (including phenoxy) is 3. The molecule has 3 aromatic rings. The maximum Gasteiger partial charge on any atom is 0.303 e. The molecule has 3 rings (SSSR count). The average molecular weight is 508 g/mol. The number of nitrogens with two attached hydrogens (primary N) is 1. The van der Waals surface area contributed by atoms with Gasteiger partial charge in [0.2, 0.25) is 0 Å². The second-order valence-corrected chi connectivity index (χ2v) is 9.11. The van der Waals surface area contributed by atoms with Gasteiger partial charge in [-0.25, -0.2) is 14.4 Å². The van der Waals surface area contributed by atoms with Gasteiger partial charge in [0, 0.05) is 24.2 Å². The van der Waals surface area contributed by atoms with Gasteiger partial charge in [-0.1, -0.05) is 0 Å². The molecule has 0 aliphatic rings. The first kappa shape index (κ1) is 27.5. The summed E-state index contributed by atoms with van der Waals surface area (Å²) < 4.78 is 60.8. The van der Waals surface area contributed by atoms with Crippen molar-refractivity contribution in [1.29, 1.82) is 0 Å². The van der Waals surface area contributed by atoms with E-state index in [0.717, 1.165) is 25.3 Å². The third-order valence-electron chi connectivity index (χ3n) is 5.85. The van der Waals surface area contributed by atoms with E-state index in [9.17, 15) is 13.9 Å². The Labute approximate surface area is 208 Å². The Morgan fingerprint density at radius 2 is 1.72 bits per heavy atom. The topological polar surface area (TPSA) is 99.7 Å². The molecule has 7 nitrogen and oxygen atoms in total. The number of hydrogen-bond acceptors (Lipinski definition) is 7. The predicted octanol–water partition coefficient (Wildman–Crippen LogP) is 4.73. The number of rotatable bonds is 11. The summed E-state index contributed by atoms with van der Waals surface area (Å²) in [6, 6.07) is 5.77. The van der Waals surface area contributed by atoms with Gasteiger partial charge < -0.3 is 25.1 Å². The first-order chi connectivity index (χ1) is 16.9. The smallest absolute Gasteiger partial charge is 0.303 e. The van der Waals surface area contributed by atoms with Crippen LogP contribution in [0.4, 0.5) is 18.9 Å². The van der Waals surface area contributed by atoms with Gasteiger partial charge in [-0.05, 0) is 63.8 Å². The highest BCUT2D eigenvalue weighted by Gasteiger charge is 2.49. The van der Waals surface area contributed by atoms with E-state index in [4.69, 9.17) is 19.9 Å². The molecule has 0 bridgehead atoms. The van der Waals surface area contributed by atoms with E-state index in [2.05, 4.69) is 9.97 Å². The van der Waals surface area contributed by atoms with Crippen LogP contribution in [0.2, 0.25) is 0 Å². The van der Waals surface area contributed by atoms with Crippen molar-refractivity contribution in [2.45, 2.75) is 51.6 Å². The van der Waals surface area contributed by atoms with Gasteiger partial charge in [-0.3, -0.25) is 0 Å². The van der Waals surface area contributed by atoms with Crippen molar-refractivity contribution in [1.82, 2.24) is 9.97 Å². The molecule has 3 N–H and O–H groups in total. The summed E-state index contributed by atoms with van der Waals surface area (Å²) in [6.07, 6.45) is 0.976. The number of aliphatic hydroxyl groups is 1. The molecular weight excluding hydrogens is 475 g/mol. The predicted molar refractivity (Wildman–Crippen MR) is 131 cm³/mol. The fourth-order valence-electron chi connectivity index (χ4n) is 3.92. The third kappa shape index (κ3) is 5.82. The van der Waals surface area contributed by atoms with Gasteiger partial charge in [0.15, 0.2) is 11.5 Å². The lowest BCUT2D eigenvalue weighted by molar-refractivity contribution is -0.170. The van der Waals surface area contributed by atoms with Crippen molar-refractivity contribution < 1.29 is 32.5 Å². The van der Waals surface area contributed by atoms with E-state index in [1.807, 2.05) is 0 Å². The molecule has 10 heteroatoms. The van der Waals surface area contributed by atoms with Crippen molar-refractivity contribution in [2.75, 3.05) is 33.2 Å². The molecule has 0 fully saturated rings. The van der Waals surface area contributed by atoms with Crippen LogP contribution in [0.5, 0.6) is 11.5 Å². The van der Waals surface area contributed by atoms with E-state index >= 15 is 4.39 Å². The minimum atomic E-state index is -3.82. The van der Waals surface area contributed by atoms with Gasteiger partial charge in [-0.2, -0.15) is 8.78 Å². The maximum absolute atomic E-state index is 15.1. The monoisotopic (exact) mass is 507 g/mol. The molecule has 2 aromatic carbocycles. The molecular formula is C26H32F3N3O4. The Balaban J connectivity index is 1.89. The summed E-state index contributed by atoms with van der Waals surface area (Å²) in [5.41, 5.74) is 3.85. The first-order valence-electron chi connectivity index (χ1n) is 11.5. The van der Waals surface area contributed by atoms with Crippen molar-refractivity contribution in [3.05, 3.63) is 52.7 Å². The maximum atomic E-state index is 15.1. The molecule has 36 heavy (non-hydrogen) atoms. The van der Waals surface area contributed by atoms with E-state index in [0.29, 0.717) is 54.6 Å². The fraction of sp³-hybridized carbons (Fsp3) is 0.462. The number of fused-ring (bicyclic) bond motifs is 1. The van der Waals surface area contributed by atoms with Crippen LogP contribution >= 0.6 is 0 Å². The van der Waals surface area contributed by atoms with Gasteiger partial charge in [0.05, 0.1) is 30.5 Å². The van der Waals surface area contributed by atoms with Crippen molar-refractivity contribution >= 4 is 16.6 Å². The van der Waals surface area contributed by atoms with Crippen LogP contribution in [0.3, 0.4) is 0 Å². The third-order valence-corrected chi connectivity index (χ3v) is 5.85. The first-order valence-corrected chi connectivity index (χ1v) is 11.5. The van der Waals surface area contributed by atoms with Crippen LogP contribution in [-0.2, 0) is 23.5 Å². The number of hydrogen-bond donors (Lipinski definition) is 2. The molecule has 0 unspecified atom stereocenters. The number of halogens is 3. The van der Waals surface area contributed by atoms with Crippen LogP contribution in [-0.4, -0.2) is 48.1 Å². The molecule has 0 aliphatic heterocycles. The van der Waals surface area contributed by atoms with E-state index in [-0.39, 0.29) is 17.7 Å². The Hall–Kier alpha value is -3.11. The number of aromatic nitrogens is 2. The van der Waals surface area contributed by atoms with E-state index in [1.165, 1.54) is 13.2 Å². The Kier molecular flexibility index (Phi) is 8.30. The normalized spacial score (nSPS) is 12.2. The quantitative estimate of drug-likeness (QED) is 0.286. The molecule has 0 saturated heterocycles. The summed E-state index contributed by atoms with van der Waals surface area (Å²) >= 11 is 0. The number of anilines is 1. The highest BCUT2D eigenvalue weighted by Crippen LogP contribution is 2.41. The second-order valence-electron chi connectivity index (χ2n) is 9.11. The number of nitrogens with zero attached hydrogens (tertiary/aromatic N) is 2. The van der Waals surface area contributed by atoms with Crippen LogP contribution in [0.1, 0.15) is 42.9 Å². The van der Waals surface area contributed by atoms with Crippen molar-refractivity contribution in [2.24, 2.45) is 0 Å². The molecule has 0 spiro atoms. The van der Waals surface area contributed by atoms with Crippen molar-refractivity contribution in [3.8, 4) is 11.5 Å². The fourth-order valence-corrected chi connectivity index (χ4v) is 3.92. The van der Waals surface area contributed by atoms with E-state index < -0.39 is 22.9 Å². The Morgan fingerprint density at radius 3 is 2.36 bits per heavy atom. The lowest BCUT2D eigenvalue weighted by Crippen LogP contribution is -2.41. The number of aryl methyl sites for hydroxylation is 3. The summed E-state index contributed by atoms with van der Waals surface area (Å²) in [5, 5.41) is 10.6. The molecule has 1 aromatic heterocycles. The van der Waals surface area contributed by atoms with Gasteiger partial charge in [0.1, 0.15) is 23.8 Å². The van der Waals surface area contributed by atoms with Crippen LogP contribution in [0.25, 0.3) is 10.9 Å². The molecule has 0 radical (unpaired) electrons. The molecule has 0 saturated carbocycles. The summed E-state index contributed by atoms with van der Waals surface area (Å²) in [5.74, 6) is -3.31. The zero-order valence-electron chi connectivity index (χ0n) is 21.1. The molecule has 196 valence electrons. The number of benzene rings is 2. The Bertz CT molecular complexity index is 1230.